The normalized spacial score (nSPS) is 29.5. The molecule has 0 aromatic heterocycles. The molecule has 3 heteroatoms. The molecular weight excluding hydrogens is 143 g/mol. The van der Waals surface area contributed by atoms with Gasteiger partial charge in [-0.2, -0.15) is 0 Å². The third kappa shape index (κ3) is 3.68. The Morgan fingerprint density at radius 2 is 2.18 bits per heavy atom. The van der Waals surface area contributed by atoms with Crippen LogP contribution in [0.3, 0.4) is 0 Å². The summed E-state index contributed by atoms with van der Waals surface area (Å²) >= 11 is 0. The lowest BCUT2D eigenvalue weighted by Gasteiger charge is -2.10. The van der Waals surface area contributed by atoms with Crippen molar-refractivity contribution in [2.75, 3.05) is 20.1 Å². The maximum atomic E-state index is 12.7. The van der Waals surface area contributed by atoms with Gasteiger partial charge in [-0.1, -0.05) is 13.8 Å². The van der Waals surface area contributed by atoms with Crippen LogP contribution in [0.25, 0.3) is 0 Å². The lowest BCUT2D eigenvalue weighted by Crippen LogP contribution is -2.37. The zero-order valence-corrected chi connectivity index (χ0v) is 7.65. The molecule has 0 amide bonds. The lowest BCUT2D eigenvalue weighted by molar-refractivity contribution is 0.297. The molecule has 1 saturated heterocycles. The van der Waals surface area contributed by atoms with E-state index in [-0.39, 0.29) is 6.04 Å². The van der Waals surface area contributed by atoms with E-state index in [0.29, 0.717) is 6.42 Å². The van der Waals surface area contributed by atoms with Crippen molar-refractivity contribution in [3.8, 4) is 0 Å². The Morgan fingerprint density at radius 3 is 2.55 bits per heavy atom. The number of nitrogens with one attached hydrogen (secondary N) is 2. The van der Waals surface area contributed by atoms with Crippen molar-refractivity contribution in [1.29, 1.82) is 0 Å². The molecule has 2 nitrogen and oxygen atoms in total. The van der Waals surface area contributed by atoms with Gasteiger partial charge in [0, 0.05) is 6.54 Å². The minimum Gasteiger partial charge on any atom is -0.318 e. The van der Waals surface area contributed by atoms with Gasteiger partial charge in [-0.3, -0.25) is 0 Å². The second-order valence-corrected chi connectivity index (χ2v) is 2.42. The fourth-order valence-corrected chi connectivity index (χ4v) is 1.16. The van der Waals surface area contributed by atoms with E-state index in [1.807, 2.05) is 20.9 Å². The summed E-state index contributed by atoms with van der Waals surface area (Å²) < 4.78 is 12.7. The number of hydrogen-bond donors (Lipinski definition) is 2. The highest BCUT2D eigenvalue weighted by molar-refractivity contribution is 4.84. The molecule has 1 aliphatic heterocycles. The first kappa shape index (κ1) is 10.8. The molecule has 0 saturated carbocycles. The molecule has 0 aliphatic carbocycles. The molecular formula is C8H19FN2. The molecule has 0 bridgehead atoms. The van der Waals surface area contributed by atoms with Gasteiger partial charge in [0.2, 0.25) is 0 Å². The van der Waals surface area contributed by atoms with E-state index < -0.39 is 6.17 Å². The Labute approximate surface area is 68.6 Å². The van der Waals surface area contributed by atoms with Gasteiger partial charge < -0.3 is 10.6 Å². The van der Waals surface area contributed by atoms with Gasteiger partial charge in [0.25, 0.3) is 0 Å². The van der Waals surface area contributed by atoms with E-state index in [9.17, 15) is 4.39 Å². The van der Waals surface area contributed by atoms with E-state index in [1.54, 1.807) is 0 Å². The van der Waals surface area contributed by atoms with Crippen LogP contribution in [0, 0.1) is 0 Å². The molecule has 68 valence electrons. The highest BCUT2D eigenvalue weighted by Crippen LogP contribution is 2.09. The minimum atomic E-state index is -0.641. The maximum absolute atomic E-state index is 12.7. The van der Waals surface area contributed by atoms with E-state index in [4.69, 9.17) is 0 Å². The highest BCUT2D eigenvalue weighted by Gasteiger charge is 2.24. The summed E-state index contributed by atoms with van der Waals surface area (Å²) in [4.78, 5) is 0. The van der Waals surface area contributed by atoms with Crippen molar-refractivity contribution in [2.45, 2.75) is 32.5 Å². The summed E-state index contributed by atoms with van der Waals surface area (Å²) in [6.07, 6.45) is 0.0317. The number of rotatable bonds is 2. The third-order valence-corrected chi connectivity index (χ3v) is 1.69. The number of hydrogen-bond acceptors (Lipinski definition) is 2. The molecule has 0 radical (unpaired) electrons. The number of likely N-dealkylation sites (N-methyl/N-ethyl adjacent to an activating group) is 1. The summed E-state index contributed by atoms with van der Waals surface area (Å²) in [5, 5.41) is 6.01. The lowest BCUT2D eigenvalue weighted by atomic mass is 10.2. The standard InChI is InChI=1S/C6H13FN2.C2H6/c1-8-4-6-5(7)2-3-9-6;1-2/h5-6,8-9H,2-4H2,1H3;1-2H3. The number of halogens is 1. The van der Waals surface area contributed by atoms with E-state index >= 15 is 0 Å². The molecule has 1 heterocycles. The molecule has 2 unspecified atom stereocenters. The van der Waals surface area contributed by atoms with Gasteiger partial charge in [0.1, 0.15) is 6.17 Å². The first-order valence-corrected chi connectivity index (χ1v) is 4.36. The smallest absolute Gasteiger partial charge is 0.118 e. The molecule has 1 fully saturated rings. The maximum Gasteiger partial charge on any atom is 0.118 e. The highest BCUT2D eigenvalue weighted by atomic mass is 19.1. The van der Waals surface area contributed by atoms with Gasteiger partial charge in [-0.05, 0) is 20.0 Å². The second-order valence-electron chi connectivity index (χ2n) is 2.42. The molecule has 2 N–H and O–H groups in total. The van der Waals surface area contributed by atoms with Gasteiger partial charge in [0.05, 0.1) is 6.04 Å². The first-order chi connectivity index (χ1) is 5.34. The number of alkyl halides is 1. The van der Waals surface area contributed by atoms with Crippen LogP contribution in [0.5, 0.6) is 0 Å². The van der Waals surface area contributed by atoms with Crippen molar-refractivity contribution < 1.29 is 4.39 Å². The van der Waals surface area contributed by atoms with Crippen molar-refractivity contribution in [1.82, 2.24) is 10.6 Å². The summed E-state index contributed by atoms with van der Waals surface area (Å²) in [7, 11) is 1.84. The second kappa shape index (κ2) is 6.55. The van der Waals surface area contributed by atoms with Crippen molar-refractivity contribution in [3.05, 3.63) is 0 Å². The molecule has 11 heavy (non-hydrogen) atoms. The molecule has 0 aromatic carbocycles. The summed E-state index contributed by atoms with van der Waals surface area (Å²) in [5.41, 5.74) is 0. The SMILES string of the molecule is CC.CNCC1NCCC1F. The first-order valence-electron chi connectivity index (χ1n) is 4.36. The van der Waals surface area contributed by atoms with Gasteiger partial charge in [-0.25, -0.2) is 4.39 Å². The predicted octanol–water partition coefficient (Wildman–Crippen LogP) is 0.932. The minimum absolute atomic E-state index is 0.0509. The Morgan fingerprint density at radius 1 is 1.55 bits per heavy atom. The zero-order valence-electron chi connectivity index (χ0n) is 7.65. The van der Waals surface area contributed by atoms with E-state index in [0.717, 1.165) is 13.1 Å². The van der Waals surface area contributed by atoms with Crippen LogP contribution in [-0.4, -0.2) is 32.4 Å². The molecule has 0 aromatic rings. The van der Waals surface area contributed by atoms with Crippen LogP contribution in [0.4, 0.5) is 4.39 Å². The summed E-state index contributed by atoms with van der Waals surface area (Å²) in [6, 6.07) is 0.0509. The molecule has 1 aliphatic rings. The predicted molar refractivity (Wildman–Crippen MR) is 46.6 cm³/mol. The van der Waals surface area contributed by atoms with Crippen LogP contribution in [-0.2, 0) is 0 Å². The average Bonchev–Trinajstić information content (AvgIpc) is 2.42. The molecule has 2 atom stereocenters. The Hall–Kier alpha value is -0.150. The quantitative estimate of drug-likeness (QED) is 0.631. The van der Waals surface area contributed by atoms with Gasteiger partial charge in [-0.15, -0.1) is 0 Å². The third-order valence-electron chi connectivity index (χ3n) is 1.69. The van der Waals surface area contributed by atoms with Crippen molar-refractivity contribution in [3.63, 3.8) is 0 Å². The topological polar surface area (TPSA) is 24.1 Å². The Balaban J connectivity index is 0.000000461. The monoisotopic (exact) mass is 162 g/mol. The largest absolute Gasteiger partial charge is 0.318 e. The van der Waals surface area contributed by atoms with Crippen LogP contribution in [0.1, 0.15) is 20.3 Å². The fourth-order valence-electron chi connectivity index (χ4n) is 1.16. The van der Waals surface area contributed by atoms with Gasteiger partial charge in [0.15, 0.2) is 0 Å². The van der Waals surface area contributed by atoms with Crippen LogP contribution in [0.15, 0.2) is 0 Å². The van der Waals surface area contributed by atoms with Gasteiger partial charge >= 0.3 is 0 Å². The van der Waals surface area contributed by atoms with Crippen LogP contribution >= 0.6 is 0 Å². The molecule has 1 rings (SSSR count). The van der Waals surface area contributed by atoms with Crippen LogP contribution in [0.2, 0.25) is 0 Å². The summed E-state index contributed by atoms with van der Waals surface area (Å²) in [5.74, 6) is 0. The van der Waals surface area contributed by atoms with E-state index in [2.05, 4.69) is 10.6 Å². The summed E-state index contributed by atoms with van der Waals surface area (Å²) in [6.45, 7) is 5.56. The molecule has 0 spiro atoms. The average molecular weight is 162 g/mol. The Bertz CT molecular complexity index is 88.2. The van der Waals surface area contributed by atoms with Crippen LogP contribution < -0.4 is 10.6 Å². The fraction of sp³-hybridized carbons (Fsp3) is 1.00. The Kier molecular flexibility index (Phi) is 6.46. The van der Waals surface area contributed by atoms with Crippen molar-refractivity contribution >= 4 is 0 Å². The van der Waals surface area contributed by atoms with E-state index in [1.165, 1.54) is 0 Å². The van der Waals surface area contributed by atoms with Crippen molar-refractivity contribution in [2.24, 2.45) is 0 Å². The zero-order chi connectivity index (χ0) is 8.69.